The molecule has 0 bridgehead atoms. The summed E-state index contributed by atoms with van der Waals surface area (Å²) in [5.41, 5.74) is 0.710. The molecule has 0 amide bonds. The van der Waals surface area contributed by atoms with Crippen LogP contribution in [0.25, 0.3) is 0 Å². The lowest BCUT2D eigenvalue weighted by Crippen LogP contribution is -2.21. The molecule has 2 N–H and O–H groups in total. The maximum Gasteiger partial charge on any atom is 0.127 e. The van der Waals surface area contributed by atoms with Crippen LogP contribution in [0.5, 0.6) is 0 Å². The number of hydrogen-bond donors (Lipinski definition) is 2. The second-order valence-electron chi connectivity index (χ2n) is 3.90. The second-order valence-corrected chi connectivity index (χ2v) is 3.90. The van der Waals surface area contributed by atoms with Gasteiger partial charge in [0.1, 0.15) is 11.6 Å². The Morgan fingerprint density at radius 1 is 1.41 bits per heavy atom. The molecule has 3 nitrogen and oxygen atoms in total. The van der Waals surface area contributed by atoms with Crippen LogP contribution in [-0.2, 0) is 6.54 Å². The topological polar surface area (TPSA) is 40.7 Å². The van der Waals surface area contributed by atoms with E-state index in [4.69, 9.17) is 0 Å². The number of halogens is 1. The molecule has 17 heavy (non-hydrogen) atoms. The van der Waals surface area contributed by atoms with Crippen molar-refractivity contribution in [2.45, 2.75) is 25.9 Å². The van der Waals surface area contributed by atoms with Gasteiger partial charge in [-0.3, -0.25) is 0 Å². The van der Waals surface area contributed by atoms with Crippen molar-refractivity contribution in [3.05, 3.63) is 53.9 Å². The highest BCUT2D eigenvalue weighted by Crippen LogP contribution is 2.19. The van der Waals surface area contributed by atoms with Crippen LogP contribution in [0.4, 0.5) is 4.39 Å². The molecular formula is C13H16FN3. The van der Waals surface area contributed by atoms with Crippen molar-refractivity contribution in [1.29, 1.82) is 0 Å². The van der Waals surface area contributed by atoms with Crippen LogP contribution in [0.2, 0.25) is 0 Å². The molecule has 2 aromatic rings. The third-order valence-electron chi connectivity index (χ3n) is 2.76. The van der Waals surface area contributed by atoms with Crippen LogP contribution < -0.4 is 5.32 Å². The number of imidazole rings is 1. The molecule has 0 aliphatic heterocycles. The van der Waals surface area contributed by atoms with Crippen molar-refractivity contribution >= 4 is 0 Å². The lowest BCUT2D eigenvalue weighted by atomic mass is 10.0. The summed E-state index contributed by atoms with van der Waals surface area (Å²) in [4.78, 5) is 7.14. The molecule has 0 saturated carbocycles. The summed E-state index contributed by atoms with van der Waals surface area (Å²) < 4.78 is 13.6. The van der Waals surface area contributed by atoms with Crippen molar-refractivity contribution < 1.29 is 4.39 Å². The van der Waals surface area contributed by atoms with E-state index in [1.54, 1.807) is 18.5 Å². The zero-order chi connectivity index (χ0) is 12.1. The van der Waals surface area contributed by atoms with E-state index in [0.717, 1.165) is 12.2 Å². The monoisotopic (exact) mass is 233 g/mol. The van der Waals surface area contributed by atoms with Crippen LogP contribution in [-0.4, -0.2) is 9.97 Å². The maximum atomic E-state index is 13.6. The molecule has 2 rings (SSSR count). The summed E-state index contributed by atoms with van der Waals surface area (Å²) in [6.45, 7) is 2.64. The van der Waals surface area contributed by atoms with E-state index in [2.05, 4.69) is 15.3 Å². The van der Waals surface area contributed by atoms with Crippen molar-refractivity contribution in [3.8, 4) is 0 Å². The van der Waals surface area contributed by atoms with Gasteiger partial charge in [-0.15, -0.1) is 0 Å². The first-order valence-corrected chi connectivity index (χ1v) is 5.77. The van der Waals surface area contributed by atoms with Gasteiger partial charge in [0.05, 0.1) is 6.54 Å². The fourth-order valence-corrected chi connectivity index (χ4v) is 1.85. The van der Waals surface area contributed by atoms with Crippen molar-refractivity contribution in [2.75, 3.05) is 0 Å². The summed E-state index contributed by atoms with van der Waals surface area (Å²) in [6.07, 6.45) is 4.32. The molecule has 0 saturated heterocycles. The summed E-state index contributed by atoms with van der Waals surface area (Å²) in [6, 6.07) is 6.89. The van der Waals surface area contributed by atoms with Gasteiger partial charge in [-0.05, 0) is 12.5 Å². The van der Waals surface area contributed by atoms with E-state index in [1.165, 1.54) is 6.07 Å². The minimum Gasteiger partial charge on any atom is -0.348 e. The van der Waals surface area contributed by atoms with Crippen molar-refractivity contribution in [3.63, 3.8) is 0 Å². The minimum absolute atomic E-state index is 0.0151. The average molecular weight is 233 g/mol. The average Bonchev–Trinajstić information content (AvgIpc) is 2.85. The van der Waals surface area contributed by atoms with Gasteiger partial charge in [0.2, 0.25) is 0 Å². The molecule has 0 aliphatic rings. The first-order chi connectivity index (χ1) is 8.31. The highest BCUT2D eigenvalue weighted by atomic mass is 19.1. The Morgan fingerprint density at radius 2 is 2.24 bits per heavy atom. The number of rotatable bonds is 5. The molecule has 1 aromatic carbocycles. The van der Waals surface area contributed by atoms with Crippen LogP contribution in [0.3, 0.4) is 0 Å². The quantitative estimate of drug-likeness (QED) is 0.833. The van der Waals surface area contributed by atoms with E-state index in [1.807, 2.05) is 19.1 Å². The molecule has 1 unspecified atom stereocenters. The number of H-pyrrole nitrogens is 1. The summed E-state index contributed by atoms with van der Waals surface area (Å²) in [5.74, 6) is 0.700. The molecule has 0 spiro atoms. The fraction of sp³-hybridized carbons (Fsp3) is 0.308. The zero-order valence-corrected chi connectivity index (χ0v) is 9.78. The molecule has 1 heterocycles. The van der Waals surface area contributed by atoms with Crippen molar-refractivity contribution in [2.24, 2.45) is 0 Å². The van der Waals surface area contributed by atoms with Gasteiger partial charge >= 0.3 is 0 Å². The summed E-state index contributed by atoms with van der Waals surface area (Å²) in [5, 5.41) is 3.30. The van der Waals surface area contributed by atoms with Crippen LogP contribution in [0.15, 0.2) is 36.7 Å². The number of aromatic nitrogens is 2. The van der Waals surface area contributed by atoms with Crippen LogP contribution in [0.1, 0.15) is 30.8 Å². The largest absolute Gasteiger partial charge is 0.348 e. The molecular weight excluding hydrogens is 217 g/mol. The van der Waals surface area contributed by atoms with E-state index in [9.17, 15) is 4.39 Å². The Morgan fingerprint density at radius 3 is 2.88 bits per heavy atom. The third kappa shape index (κ3) is 2.91. The molecule has 0 fully saturated rings. The van der Waals surface area contributed by atoms with Gasteiger partial charge < -0.3 is 10.3 Å². The smallest absolute Gasteiger partial charge is 0.127 e. The Balaban J connectivity index is 2.04. The fourth-order valence-electron chi connectivity index (χ4n) is 1.85. The minimum atomic E-state index is -0.161. The first kappa shape index (κ1) is 11.8. The molecule has 90 valence electrons. The number of hydrogen-bond acceptors (Lipinski definition) is 2. The third-order valence-corrected chi connectivity index (χ3v) is 2.76. The van der Waals surface area contributed by atoms with E-state index >= 15 is 0 Å². The Kier molecular flexibility index (Phi) is 3.88. The lowest BCUT2D eigenvalue weighted by molar-refractivity contribution is 0.482. The van der Waals surface area contributed by atoms with Crippen molar-refractivity contribution in [1.82, 2.24) is 15.3 Å². The Bertz CT molecular complexity index is 453. The predicted octanol–water partition coefficient (Wildman–Crippen LogP) is 2.79. The van der Waals surface area contributed by atoms with E-state index in [-0.39, 0.29) is 11.9 Å². The van der Waals surface area contributed by atoms with Gasteiger partial charge in [0, 0.05) is 24.0 Å². The van der Waals surface area contributed by atoms with Gasteiger partial charge in [-0.2, -0.15) is 0 Å². The number of aromatic amines is 1. The number of nitrogens with zero attached hydrogens (tertiary/aromatic N) is 1. The maximum absolute atomic E-state index is 13.6. The lowest BCUT2D eigenvalue weighted by Gasteiger charge is -2.17. The van der Waals surface area contributed by atoms with E-state index < -0.39 is 0 Å². The Labute approximate surface area is 100 Å². The predicted molar refractivity (Wildman–Crippen MR) is 64.9 cm³/mol. The molecule has 1 aromatic heterocycles. The molecule has 4 heteroatoms. The highest BCUT2D eigenvalue weighted by Gasteiger charge is 2.12. The van der Waals surface area contributed by atoms with Gasteiger partial charge in [0.15, 0.2) is 0 Å². The molecule has 0 aliphatic carbocycles. The van der Waals surface area contributed by atoms with Gasteiger partial charge in [0.25, 0.3) is 0 Å². The van der Waals surface area contributed by atoms with Crippen LogP contribution >= 0.6 is 0 Å². The van der Waals surface area contributed by atoms with Gasteiger partial charge in [-0.1, -0.05) is 25.1 Å². The SMILES string of the molecule is CCC(NCc1ncc[nH]1)c1ccccc1F. The molecule has 0 radical (unpaired) electrons. The highest BCUT2D eigenvalue weighted by molar-refractivity contribution is 5.21. The number of benzene rings is 1. The summed E-state index contributed by atoms with van der Waals surface area (Å²) >= 11 is 0. The van der Waals surface area contributed by atoms with Gasteiger partial charge in [-0.25, -0.2) is 9.37 Å². The van der Waals surface area contributed by atoms with Crippen LogP contribution in [0, 0.1) is 5.82 Å². The normalized spacial score (nSPS) is 12.6. The van der Waals surface area contributed by atoms with E-state index in [0.29, 0.717) is 12.1 Å². The number of nitrogens with one attached hydrogen (secondary N) is 2. The Hall–Kier alpha value is -1.68. The second kappa shape index (κ2) is 5.59. The standard InChI is InChI=1S/C13H16FN3/c1-2-12(10-5-3-4-6-11(10)14)17-9-13-15-7-8-16-13/h3-8,12,17H,2,9H2,1H3,(H,15,16). The molecule has 1 atom stereocenters. The first-order valence-electron chi connectivity index (χ1n) is 5.77. The zero-order valence-electron chi connectivity index (χ0n) is 9.78. The summed E-state index contributed by atoms with van der Waals surface area (Å²) in [7, 11) is 0.